The zero-order valence-corrected chi connectivity index (χ0v) is 27.2. The summed E-state index contributed by atoms with van der Waals surface area (Å²) in [4.78, 5) is 0. The summed E-state index contributed by atoms with van der Waals surface area (Å²) in [5.74, 6) is 0. The van der Waals surface area contributed by atoms with Gasteiger partial charge in [-0.05, 0) is 58.2 Å². The van der Waals surface area contributed by atoms with Crippen molar-refractivity contribution in [3.8, 4) is 0 Å². The van der Waals surface area contributed by atoms with Crippen molar-refractivity contribution in [2.24, 2.45) is 0 Å². The van der Waals surface area contributed by atoms with Crippen molar-refractivity contribution in [3.05, 3.63) is 0 Å². The van der Waals surface area contributed by atoms with Crippen LogP contribution in [-0.4, -0.2) is 85.5 Å². The fraction of sp³-hybridized carbons (Fsp3) is 1.00. The maximum atomic E-state index is 6.86. The van der Waals surface area contributed by atoms with Gasteiger partial charge in [0.25, 0.3) is 0 Å². The van der Waals surface area contributed by atoms with Crippen LogP contribution in [0.1, 0.15) is 19.8 Å². The number of hydrogen-bond acceptors (Lipinski definition) is 8. The van der Waals surface area contributed by atoms with Crippen LogP contribution in [0.5, 0.6) is 0 Å². The largest absolute Gasteiger partial charge is 0.502 e. The summed E-state index contributed by atoms with van der Waals surface area (Å²) in [6.45, 7) is 15.4. The molecule has 0 aliphatic carbocycles. The Labute approximate surface area is 196 Å². The smallest absolute Gasteiger partial charge is 0.437 e. The van der Waals surface area contributed by atoms with Crippen molar-refractivity contribution in [1.29, 1.82) is 0 Å². The number of hydrogen-bond donors (Lipinski definition) is 0. The summed E-state index contributed by atoms with van der Waals surface area (Å²) in [5, 5.41) is 0.122. The van der Waals surface area contributed by atoms with Crippen LogP contribution >= 0.6 is 0 Å². The molecule has 0 rings (SSSR count). The van der Waals surface area contributed by atoms with E-state index in [1.54, 1.807) is 42.7 Å². The molecule has 1 atom stereocenters. The summed E-state index contributed by atoms with van der Waals surface area (Å²) >= 11 is 0. The summed E-state index contributed by atoms with van der Waals surface area (Å²) in [6.07, 6.45) is 1.82. The summed E-state index contributed by atoms with van der Waals surface area (Å²) in [7, 11) is -2.00. The van der Waals surface area contributed by atoms with Crippen molar-refractivity contribution < 1.29 is 34.8 Å². The van der Waals surface area contributed by atoms with Crippen LogP contribution in [0.15, 0.2) is 0 Å². The molecule has 0 bridgehead atoms. The standard InChI is InChI=1S/C18H48O8Si5/c1-14-18(31(22-5,23-6)24-7)28(10,11)26-29(12,13)25-27(8,9)16-15-17-30(19-2,20-3)21-4/h18H,14-17H2,1-13H3. The summed E-state index contributed by atoms with van der Waals surface area (Å²) < 4.78 is 47.7. The highest BCUT2D eigenvalue weighted by Gasteiger charge is 2.57. The lowest BCUT2D eigenvalue weighted by Gasteiger charge is -2.45. The Hall–Kier alpha value is 0.764. The Morgan fingerprint density at radius 2 is 1.06 bits per heavy atom. The van der Waals surface area contributed by atoms with E-state index in [1.807, 2.05) is 0 Å². The van der Waals surface area contributed by atoms with E-state index in [-0.39, 0.29) is 5.16 Å². The molecule has 0 saturated heterocycles. The molecule has 0 spiro atoms. The van der Waals surface area contributed by atoms with Gasteiger partial charge in [0.1, 0.15) is 0 Å². The van der Waals surface area contributed by atoms with Crippen LogP contribution in [0.2, 0.25) is 56.5 Å². The monoisotopic (exact) mass is 532 g/mol. The minimum Gasteiger partial charge on any atom is -0.437 e. The molecule has 1 unspecified atom stereocenters. The van der Waals surface area contributed by atoms with E-state index in [2.05, 4.69) is 46.2 Å². The lowest BCUT2D eigenvalue weighted by Crippen LogP contribution is -2.61. The summed E-state index contributed by atoms with van der Waals surface area (Å²) in [5.41, 5.74) is 0. The Balaban J connectivity index is 5.28. The zero-order chi connectivity index (χ0) is 24.6. The molecule has 188 valence electrons. The normalized spacial score (nSPS) is 15.4. The minimum atomic E-state index is -2.82. The van der Waals surface area contributed by atoms with Gasteiger partial charge >= 0.3 is 26.2 Å². The van der Waals surface area contributed by atoms with Gasteiger partial charge in [0, 0.05) is 53.9 Å². The van der Waals surface area contributed by atoms with Crippen LogP contribution in [-0.2, 0) is 34.8 Å². The van der Waals surface area contributed by atoms with Crippen molar-refractivity contribution >= 4 is 42.8 Å². The molecule has 0 radical (unpaired) electrons. The van der Waals surface area contributed by atoms with Crippen molar-refractivity contribution in [2.75, 3.05) is 42.7 Å². The predicted molar refractivity (Wildman–Crippen MR) is 136 cm³/mol. The molecule has 0 aromatic heterocycles. The molecule has 0 fully saturated rings. The molecule has 0 aliphatic heterocycles. The van der Waals surface area contributed by atoms with E-state index in [1.165, 1.54) is 0 Å². The van der Waals surface area contributed by atoms with Crippen LogP contribution in [0.4, 0.5) is 0 Å². The van der Waals surface area contributed by atoms with Crippen molar-refractivity contribution in [1.82, 2.24) is 0 Å². The average Bonchev–Trinajstić information content (AvgIpc) is 2.67. The quantitative estimate of drug-likeness (QED) is 0.252. The molecular weight excluding hydrogens is 485 g/mol. The highest BCUT2D eigenvalue weighted by atomic mass is 28.5. The third kappa shape index (κ3) is 9.14. The van der Waals surface area contributed by atoms with Gasteiger partial charge in [-0.3, -0.25) is 0 Å². The fourth-order valence-electron chi connectivity index (χ4n) is 4.57. The van der Waals surface area contributed by atoms with E-state index in [0.717, 1.165) is 24.9 Å². The molecule has 0 aromatic carbocycles. The maximum absolute atomic E-state index is 6.86. The lowest BCUT2D eigenvalue weighted by atomic mass is 10.6. The van der Waals surface area contributed by atoms with Gasteiger partial charge in [-0.15, -0.1) is 0 Å². The van der Waals surface area contributed by atoms with Gasteiger partial charge in [-0.25, -0.2) is 0 Å². The van der Waals surface area contributed by atoms with E-state index in [9.17, 15) is 0 Å². The molecule has 13 heteroatoms. The fourth-order valence-corrected chi connectivity index (χ4v) is 27.4. The first-order chi connectivity index (χ1) is 14.2. The van der Waals surface area contributed by atoms with Gasteiger partial charge in [0.15, 0.2) is 16.6 Å². The van der Waals surface area contributed by atoms with E-state index < -0.39 is 42.8 Å². The molecule has 0 saturated carbocycles. The van der Waals surface area contributed by atoms with E-state index in [4.69, 9.17) is 34.8 Å². The van der Waals surface area contributed by atoms with Gasteiger partial charge in [-0.2, -0.15) is 0 Å². The van der Waals surface area contributed by atoms with Gasteiger partial charge in [0.05, 0.1) is 0 Å². The molecule has 0 amide bonds. The average molecular weight is 533 g/mol. The van der Waals surface area contributed by atoms with Crippen molar-refractivity contribution in [3.63, 3.8) is 0 Å². The molecule has 0 aromatic rings. The SMILES string of the molecule is CCC([Si](C)(C)O[Si](C)(C)O[Si](C)(C)CCC[Si](OC)(OC)OC)[Si](OC)(OC)OC. The van der Waals surface area contributed by atoms with Gasteiger partial charge in [-0.1, -0.05) is 6.92 Å². The highest BCUT2D eigenvalue weighted by molar-refractivity contribution is 6.93. The third-order valence-electron chi connectivity index (χ3n) is 5.75. The topological polar surface area (TPSA) is 73.8 Å². The second-order valence-electron chi connectivity index (χ2n) is 9.29. The summed E-state index contributed by atoms with van der Waals surface area (Å²) in [6, 6.07) is 1.77. The van der Waals surface area contributed by atoms with Crippen LogP contribution in [0.25, 0.3) is 0 Å². The highest BCUT2D eigenvalue weighted by Crippen LogP contribution is 2.39. The molecular formula is C18H48O8Si5. The van der Waals surface area contributed by atoms with Gasteiger partial charge < -0.3 is 34.8 Å². The second kappa shape index (κ2) is 13.0. The van der Waals surface area contributed by atoms with Gasteiger partial charge in [0.2, 0.25) is 0 Å². The van der Waals surface area contributed by atoms with Crippen LogP contribution < -0.4 is 0 Å². The van der Waals surface area contributed by atoms with E-state index in [0.29, 0.717) is 0 Å². The van der Waals surface area contributed by atoms with E-state index >= 15 is 0 Å². The maximum Gasteiger partial charge on any atom is 0.502 e. The Bertz CT molecular complexity index is 497. The molecule has 0 heterocycles. The lowest BCUT2D eigenvalue weighted by molar-refractivity contribution is 0.116. The molecule has 0 N–H and O–H groups in total. The zero-order valence-electron chi connectivity index (χ0n) is 22.2. The first kappa shape index (κ1) is 31.8. The minimum absolute atomic E-state index is 0.122. The van der Waals surface area contributed by atoms with Crippen LogP contribution in [0, 0.1) is 0 Å². The third-order valence-corrected chi connectivity index (χ3v) is 26.6. The number of rotatable bonds is 17. The predicted octanol–water partition coefficient (Wildman–Crippen LogP) is 4.60. The Kier molecular flexibility index (Phi) is 13.3. The molecule has 8 nitrogen and oxygen atoms in total. The molecule has 31 heavy (non-hydrogen) atoms. The second-order valence-corrected chi connectivity index (χ2v) is 28.4. The first-order valence-corrected chi connectivity index (χ1v) is 23.5. The van der Waals surface area contributed by atoms with Crippen LogP contribution in [0.3, 0.4) is 0 Å². The first-order valence-electron chi connectivity index (χ1n) is 10.9. The Morgan fingerprint density at radius 1 is 0.613 bits per heavy atom. The van der Waals surface area contributed by atoms with Crippen molar-refractivity contribution in [2.45, 2.75) is 76.3 Å². The Morgan fingerprint density at radius 3 is 1.42 bits per heavy atom. The molecule has 0 aliphatic rings.